The Kier molecular flexibility index (Phi) is 4.39. The van der Waals surface area contributed by atoms with Gasteiger partial charge in [-0.05, 0) is 38.1 Å². The lowest BCUT2D eigenvalue weighted by atomic mass is 9.86. The molecular weight excluding hydrogens is 355 g/mol. The first-order valence-electron chi connectivity index (χ1n) is 7.50. The average molecular weight is 368 g/mol. The molecule has 3 aromatic rings. The van der Waals surface area contributed by atoms with Crippen molar-refractivity contribution in [3.05, 3.63) is 70.9 Å². The van der Waals surface area contributed by atoms with Gasteiger partial charge in [0, 0.05) is 23.0 Å². The van der Waals surface area contributed by atoms with Gasteiger partial charge >= 0.3 is 0 Å². The fourth-order valence-corrected chi connectivity index (χ4v) is 2.46. The molecule has 2 N–H and O–H groups in total. The monoisotopic (exact) mass is 368 g/mol. The zero-order chi connectivity index (χ0) is 19.1. The molecule has 136 valence electrons. The van der Waals surface area contributed by atoms with Crippen LogP contribution >= 0.6 is 0 Å². The second-order valence-corrected chi connectivity index (χ2v) is 6.08. The van der Waals surface area contributed by atoms with Crippen molar-refractivity contribution in [1.82, 2.24) is 9.97 Å². The molecule has 0 aliphatic rings. The summed E-state index contributed by atoms with van der Waals surface area (Å²) in [5.41, 5.74) is -0.183. The maximum atomic E-state index is 13.6. The van der Waals surface area contributed by atoms with Crippen LogP contribution in [0, 0.1) is 29.1 Å². The number of aromatic amines is 2. The van der Waals surface area contributed by atoms with Gasteiger partial charge in [-0.25, -0.2) is 22.0 Å². The van der Waals surface area contributed by atoms with Gasteiger partial charge in [0.15, 0.2) is 34.8 Å². The third kappa shape index (κ3) is 2.89. The summed E-state index contributed by atoms with van der Waals surface area (Å²) in [6.07, 6.45) is 1.77. The molecule has 0 fully saturated rings. The number of H-pyrrole nitrogens is 2. The first kappa shape index (κ1) is 17.8. The van der Waals surface area contributed by atoms with E-state index < -0.39 is 40.2 Å². The molecule has 0 aliphatic heterocycles. The van der Waals surface area contributed by atoms with Gasteiger partial charge in [0.1, 0.15) is 0 Å². The van der Waals surface area contributed by atoms with Crippen LogP contribution in [0.15, 0.2) is 40.7 Å². The highest BCUT2D eigenvalue weighted by Crippen LogP contribution is 2.33. The van der Waals surface area contributed by atoms with E-state index in [1.165, 1.54) is 6.07 Å². The minimum absolute atomic E-state index is 0.101. The van der Waals surface area contributed by atoms with E-state index in [0.717, 1.165) is 5.69 Å². The lowest BCUT2D eigenvalue weighted by molar-refractivity contribution is 0.380. The Labute approximate surface area is 144 Å². The normalized spacial score (nSPS) is 12.3. The number of aromatic nitrogens is 2. The SMILES string of the molecule is CC(C)(c1ccc[nH]1)c1ccc(N=Nc2c(F)c(F)c(F)c(F)c2F)[nH]1. The van der Waals surface area contributed by atoms with E-state index in [1.54, 1.807) is 12.3 Å². The number of rotatable bonds is 4. The van der Waals surface area contributed by atoms with Crippen molar-refractivity contribution in [2.24, 2.45) is 10.2 Å². The van der Waals surface area contributed by atoms with E-state index in [2.05, 4.69) is 20.2 Å². The lowest BCUT2D eigenvalue weighted by Crippen LogP contribution is -2.19. The Morgan fingerprint density at radius 1 is 0.769 bits per heavy atom. The average Bonchev–Trinajstić information content (AvgIpc) is 3.30. The molecule has 1 aromatic carbocycles. The van der Waals surface area contributed by atoms with Crippen LogP contribution in [0.3, 0.4) is 0 Å². The number of halogens is 5. The van der Waals surface area contributed by atoms with Gasteiger partial charge in [0.25, 0.3) is 0 Å². The number of benzene rings is 1. The highest BCUT2D eigenvalue weighted by atomic mass is 19.2. The van der Waals surface area contributed by atoms with E-state index >= 15 is 0 Å². The Hall–Kier alpha value is -2.97. The summed E-state index contributed by atoms with van der Waals surface area (Å²) in [7, 11) is 0. The molecule has 0 saturated carbocycles. The van der Waals surface area contributed by atoms with E-state index in [4.69, 9.17) is 0 Å². The van der Waals surface area contributed by atoms with Gasteiger partial charge in [0.05, 0.1) is 0 Å². The third-order valence-electron chi connectivity index (χ3n) is 4.06. The highest BCUT2D eigenvalue weighted by molar-refractivity contribution is 5.43. The van der Waals surface area contributed by atoms with Crippen LogP contribution in [-0.4, -0.2) is 9.97 Å². The summed E-state index contributed by atoms with van der Waals surface area (Å²) in [6.45, 7) is 3.85. The highest BCUT2D eigenvalue weighted by Gasteiger charge is 2.27. The molecular formula is C17H13F5N4. The Morgan fingerprint density at radius 3 is 1.96 bits per heavy atom. The summed E-state index contributed by atoms with van der Waals surface area (Å²) >= 11 is 0. The maximum Gasteiger partial charge on any atom is 0.200 e. The predicted molar refractivity (Wildman–Crippen MR) is 84.1 cm³/mol. The fraction of sp³-hybridized carbons (Fsp3) is 0.176. The second kappa shape index (κ2) is 6.40. The van der Waals surface area contributed by atoms with Crippen LogP contribution in [0.4, 0.5) is 33.5 Å². The molecule has 9 heteroatoms. The molecule has 0 atom stereocenters. The standard InChI is InChI=1S/C17H13F5N4/c1-17(2,8-4-3-7-23-8)9-5-6-10(24-9)25-26-16-14(21)12(19)11(18)13(20)15(16)22/h3-7,23-24H,1-2H3. The summed E-state index contributed by atoms with van der Waals surface area (Å²) in [6, 6.07) is 6.89. The summed E-state index contributed by atoms with van der Waals surface area (Å²) < 4.78 is 66.6. The van der Waals surface area contributed by atoms with Crippen molar-refractivity contribution in [2.45, 2.75) is 19.3 Å². The largest absolute Gasteiger partial charge is 0.364 e. The molecule has 2 aromatic heterocycles. The zero-order valence-electron chi connectivity index (χ0n) is 13.7. The van der Waals surface area contributed by atoms with Crippen LogP contribution in [0.1, 0.15) is 25.2 Å². The zero-order valence-corrected chi connectivity index (χ0v) is 13.7. The number of hydrogen-bond donors (Lipinski definition) is 2. The second-order valence-electron chi connectivity index (χ2n) is 6.08. The number of hydrogen-bond acceptors (Lipinski definition) is 2. The van der Waals surface area contributed by atoms with Crippen molar-refractivity contribution >= 4 is 11.5 Å². The topological polar surface area (TPSA) is 56.3 Å². The van der Waals surface area contributed by atoms with Crippen molar-refractivity contribution in [3.63, 3.8) is 0 Å². The Balaban J connectivity index is 1.94. The van der Waals surface area contributed by atoms with Crippen molar-refractivity contribution < 1.29 is 22.0 Å². The van der Waals surface area contributed by atoms with Crippen LogP contribution in [0.25, 0.3) is 0 Å². The number of nitrogens with zero attached hydrogens (tertiary/aromatic N) is 2. The van der Waals surface area contributed by atoms with Gasteiger partial charge in [-0.2, -0.15) is 0 Å². The van der Waals surface area contributed by atoms with Crippen molar-refractivity contribution in [1.29, 1.82) is 0 Å². The third-order valence-corrected chi connectivity index (χ3v) is 4.06. The summed E-state index contributed by atoms with van der Waals surface area (Å²) in [5, 5.41) is 6.73. The Bertz CT molecular complexity index is 944. The molecule has 3 rings (SSSR count). The first-order valence-corrected chi connectivity index (χ1v) is 7.50. The molecule has 2 heterocycles. The smallest absolute Gasteiger partial charge is 0.200 e. The first-order chi connectivity index (χ1) is 12.2. The minimum Gasteiger partial charge on any atom is -0.364 e. The van der Waals surface area contributed by atoms with E-state index in [0.29, 0.717) is 5.69 Å². The molecule has 0 spiro atoms. The maximum absolute atomic E-state index is 13.6. The lowest BCUT2D eigenvalue weighted by Gasteiger charge is -2.22. The van der Waals surface area contributed by atoms with E-state index in [-0.39, 0.29) is 5.82 Å². The molecule has 0 amide bonds. The quantitative estimate of drug-likeness (QED) is 0.254. The van der Waals surface area contributed by atoms with Crippen LogP contribution < -0.4 is 0 Å². The van der Waals surface area contributed by atoms with Crippen LogP contribution in [0.5, 0.6) is 0 Å². The van der Waals surface area contributed by atoms with E-state index in [9.17, 15) is 22.0 Å². The molecule has 0 aliphatic carbocycles. The van der Waals surface area contributed by atoms with Gasteiger partial charge in [-0.15, -0.1) is 10.2 Å². The molecule has 0 radical (unpaired) electrons. The summed E-state index contributed by atoms with van der Waals surface area (Å²) in [5.74, 6) is -10.4. The van der Waals surface area contributed by atoms with Gasteiger partial charge in [-0.1, -0.05) is 0 Å². The predicted octanol–water partition coefficient (Wildman–Crippen LogP) is 5.78. The Morgan fingerprint density at radius 2 is 1.38 bits per heavy atom. The molecule has 0 bridgehead atoms. The van der Waals surface area contributed by atoms with Crippen LogP contribution in [-0.2, 0) is 5.41 Å². The van der Waals surface area contributed by atoms with Gasteiger partial charge < -0.3 is 9.97 Å². The summed E-state index contributed by atoms with van der Waals surface area (Å²) in [4.78, 5) is 5.99. The molecule has 4 nitrogen and oxygen atoms in total. The molecule has 0 saturated heterocycles. The minimum atomic E-state index is -2.24. The van der Waals surface area contributed by atoms with Crippen molar-refractivity contribution in [2.75, 3.05) is 0 Å². The van der Waals surface area contributed by atoms with Crippen LogP contribution in [0.2, 0.25) is 0 Å². The fourth-order valence-electron chi connectivity index (χ4n) is 2.46. The van der Waals surface area contributed by atoms with E-state index in [1.807, 2.05) is 26.0 Å². The number of nitrogens with one attached hydrogen (secondary N) is 2. The molecule has 0 unspecified atom stereocenters. The van der Waals surface area contributed by atoms with Gasteiger partial charge in [0.2, 0.25) is 5.82 Å². The number of azo groups is 1. The van der Waals surface area contributed by atoms with Crippen molar-refractivity contribution in [3.8, 4) is 0 Å². The van der Waals surface area contributed by atoms with Gasteiger partial charge in [-0.3, -0.25) is 0 Å². The molecule has 26 heavy (non-hydrogen) atoms.